The quantitative estimate of drug-likeness (QED) is 0.467. The maximum atomic E-state index is 10.3. The fraction of sp³-hybridized carbons (Fsp3) is 0.750. The van der Waals surface area contributed by atoms with E-state index in [0.29, 0.717) is 0 Å². The number of hydrogen-bond acceptors (Lipinski definition) is 4. The van der Waals surface area contributed by atoms with Crippen molar-refractivity contribution in [3.63, 3.8) is 0 Å². The van der Waals surface area contributed by atoms with Crippen molar-refractivity contribution in [2.75, 3.05) is 5.75 Å². The Bertz CT molecular complexity index is 234. The lowest BCUT2D eigenvalue weighted by atomic mass is 10.2. The largest absolute Gasteiger partial charge is 0.480 e. The Morgan fingerprint density at radius 2 is 2.00 bits per heavy atom. The van der Waals surface area contributed by atoms with Crippen molar-refractivity contribution >= 4 is 16.0 Å². The fourth-order valence-electron chi connectivity index (χ4n) is 0.415. The molecule has 0 aliphatic heterocycles. The lowest BCUT2D eigenvalue weighted by Crippen LogP contribution is -2.33. The predicted molar refractivity (Wildman–Crippen MR) is 38.2 cm³/mol. The molecule has 11 heavy (non-hydrogen) atoms. The first-order valence-electron chi connectivity index (χ1n) is 2.82. The maximum Gasteiger partial charge on any atom is 0.320 e. The van der Waals surface area contributed by atoms with Gasteiger partial charge in [-0.1, -0.05) is 0 Å². The Morgan fingerprint density at radius 3 is 2.27 bits per heavy atom. The smallest absolute Gasteiger partial charge is 0.320 e. The van der Waals surface area contributed by atoms with Crippen LogP contribution in [0.25, 0.3) is 0 Å². The van der Waals surface area contributed by atoms with Gasteiger partial charge < -0.3 is 10.8 Å². The van der Waals surface area contributed by atoms with Gasteiger partial charge in [-0.25, -0.2) is 13.6 Å². The molecule has 0 aliphatic rings. The minimum Gasteiger partial charge on any atom is -0.480 e. The summed E-state index contributed by atoms with van der Waals surface area (Å²) in [5.41, 5.74) is 5.00. The van der Waals surface area contributed by atoms with Gasteiger partial charge in [0, 0.05) is 0 Å². The molecule has 6 nitrogen and oxygen atoms in total. The van der Waals surface area contributed by atoms with Gasteiger partial charge in [-0.2, -0.15) is 0 Å². The molecule has 0 aromatic carbocycles. The van der Waals surface area contributed by atoms with Crippen LogP contribution in [0.4, 0.5) is 0 Å². The first-order chi connectivity index (χ1) is 4.83. The second-order valence-electron chi connectivity index (χ2n) is 2.10. The van der Waals surface area contributed by atoms with Gasteiger partial charge >= 0.3 is 5.97 Å². The van der Waals surface area contributed by atoms with Crippen molar-refractivity contribution in [1.82, 2.24) is 0 Å². The van der Waals surface area contributed by atoms with Gasteiger partial charge in [0.2, 0.25) is 10.0 Å². The van der Waals surface area contributed by atoms with Gasteiger partial charge in [0.15, 0.2) is 0 Å². The van der Waals surface area contributed by atoms with Crippen molar-refractivity contribution in [3.8, 4) is 0 Å². The summed E-state index contributed by atoms with van der Waals surface area (Å²) in [6.07, 6.45) is -0.159. The van der Waals surface area contributed by atoms with Crippen molar-refractivity contribution < 1.29 is 18.3 Å². The summed E-state index contributed by atoms with van der Waals surface area (Å²) in [5, 5.41) is 12.8. The number of carbonyl (C=O) groups is 1. The molecule has 0 fully saturated rings. The summed E-state index contributed by atoms with van der Waals surface area (Å²) >= 11 is 0. The topological polar surface area (TPSA) is 123 Å². The molecule has 0 aliphatic carbocycles. The van der Waals surface area contributed by atoms with Crippen LogP contribution in [-0.2, 0) is 14.8 Å². The summed E-state index contributed by atoms with van der Waals surface area (Å²) in [6.45, 7) is 0. The lowest BCUT2D eigenvalue weighted by Gasteiger charge is -2.03. The number of hydrogen-bond donors (Lipinski definition) is 3. The first-order valence-corrected chi connectivity index (χ1v) is 4.53. The van der Waals surface area contributed by atoms with Crippen LogP contribution in [0.5, 0.6) is 0 Å². The second-order valence-corrected chi connectivity index (χ2v) is 3.83. The molecule has 66 valence electrons. The Hall–Kier alpha value is -0.660. The molecule has 7 heteroatoms. The molecule has 5 N–H and O–H groups in total. The average molecular weight is 182 g/mol. The summed E-state index contributed by atoms with van der Waals surface area (Å²) in [5.74, 6) is -1.63. The van der Waals surface area contributed by atoms with Gasteiger partial charge in [-0.15, -0.1) is 0 Å². The standard InChI is InChI=1S/C4H10N2O4S/c5-3(4(7)8)1-2-11(6,9)10/h3H,1-2,5H2,(H,7,8)(H2,6,9,10)/t3-/m1/s1. The molecular weight excluding hydrogens is 172 g/mol. The Morgan fingerprint density at radius 1 is 1.55 bits per heavy atom. The fourth-order valence-corrected chi connectivity index (χ4v) is 0.997. The third kappa shape index (κ3) is 5.77. The monoisotopic (exact) mass is 182 g/mol. The van der Waals surface area contributed by atoms with E-state index in [1.54, 1.807) is 0 Å². The normalized spacial score (nSPS) is 14.4. The minimum atomic E-state index is -3.60. The highest BCUT2D eigenvalue weighted by molar-refractivity contribution is 7.89. The molecule has 0 spiro atoms. The van der Waals surface area contributed by atoms with Crippen molar-refractivity contribution in [3.05, 3.63) is 0 Å². The van der Waals surface area contributed by atoms with E-state index in [9.17, 15) is 13.2 Å². The number of nitrogens with two attached hydrogens (primary N) is 2. The van der Waals surface area contributed by atoms with Gasteiger partial charge in [0.25, 0.3) is 0 Å². The highest BCUT2D eigenvalue weighted by atomic mass is 32.2. The van der Waals surface area contributed by atoms with Crippen LogP contribution >= 0.6 is 0 Å². The molecule has 0 radical (unpaired) electrons. The third-order valence-electron chi connectivity index (χ3n) is 1.03. The molecule has 0 amide bonds. The van der Waals surface area contributed by atoms with Crippen LogP contribution < -0.4 is 10.9 Å². The van der Waals surface area contributed by atoms with Crippen LogP contribution in [0.3, 0.4) is 0 Å². The average Bonchev–Trinajstić information content (AvgIpc) is 1.80. The Kier molecular flexibility index (Phi) is 3.43. The molecule has 0 rings (SSSR count). The number of rotatable bonds is 4. The van der Waals surface area contributed by atoms with Crippen molar-refractivity contribution in [2.24, 2.45) is 10.9 Å². The number of primary sulfonamides is 1. The second kappa shape index (κ2) is 3.65. The molecule has 0 bridgehead atoms. The number of carboxylic acids is 1. The van der Waals surface area contributed by atoms with E-state index in [1.807, 2.05) is 0 Å². The molecule has 0 saturated carbocycles. The highest BCUT2D eigenvalue weighted by Crippen LogP contribution is 1.90. The SMILES string of the molecule is N[C@H](CCS(N)(=O)=O)C(=O)O. The zero-order chi connectivity index (χ0) is 9.07. The number of carboxylic acid groups (broad SMARTS) is 1. The van der Waals surface area contributed by atoms with Crippen LogP contribution in [0, 0.1) is 0 Å². The summed E-state index contributed by atoms with van der Waals surface area (Å²) in [6, 6.07) is -1.16. The predicted octanol–water partition coefficient (Wildman–Crippen LogP) is -1.92. The Labute approximate surface area is 64.2 Å². The molecular formula is C4H10N2O4S. The van der Waals surface area contributed by atoms with Gasteiger partial charge in [-0.05, 0) is 6.42 Å². The van der Waals surface area contributed by atoms with E-state index in [2.05, 4.69) is 5.14 Å². The molecule has 0 aromatic heterocycles. The first kappa shape index (κ1) is 10.3. The molecule has 0 aromatic rings. The Balaban J connectivity index is 3.82. The van der Waals surface area contributed by atoms with E-state index in [1.165, 1.54) is 0 Å². The molecule has 0 unspecified atom stereocenters. The minimum absolute atomic E-state index is 0.159. The van der Waals surface area contributed by atoms with Gasteiger partial charge in [0.1, 0.15) is 6.04 Å². The number of aliphatic carboxylic acids is 1. The van der Waals surface area contributed by atoms with Gasteiger partial charge in [-0.3, -0.25) is 4.79 Å². The van der Waals surface area contributed by atoms with E-state index in [0.717, 1.165) is 0 Å². The molecule has 0 heterocycles. The third-order valence-corrected chi connectivity index (χ3v) is 1.84. The highest BCUT2D eigenvalue weighted by Gasteiger charge is 2.14. The van der Waals surface area contributed by atoms with Crippen molar-refractivity contribution in [1.29, 1.82) is 0 Å². The zero-order valence-corrected chi connectivity index (χ0v) is 6.54. The van der Waals surface area contributed by atoms with Crippen molar-refractivity contribution in [2.45, 2.75) is 12.5 Å². The van der Waals surface area contributed by atoms with E-state index < -0.39 is 27.8 Å². The number of sulfonamides is 1. The van der Waals surface area contributed by atoms with Crippen LogP contribution in [0.15, 0.2) is 0 Å². The van der Waals surface area contributed by atoms with E-state index in [-0.39, 0.29) is 6.42 Å². The van der Waals surface area contributed by atoms with E-state index >= 15 is 0 Å². The molecule has 0 saturated heterocycles. The van der Waals surface area contributed by atoms with Crippen LogP contribution in [0.2, 0.25) is 0 Å². The summed E-state index contributed by atoms with van der Waals surface area (Å²) in [4.78, 5) is 10.1. The zero-order valence-electron chi connectivity index (χ0n) is 5.73. The van der Waals surface area contributed by atoms with Gasteiger partial charge in [0.05, 0.1) is 5.75 Å². The molecule has 1 atom stereocenters. The van der Waals surface area contributed by atoms with E-state index in [4.69, 9.17) is 10.8 Å². The lowest BCUT2D eigenvalue weighted by molar-refractivity contribution is -0.138. The summed E-state index contributed by atoms with van der Waals surface area (Å²) < 4.78 is 20.6. The summed E-state index contributed by atoms with van der Waals surface area (Å²) in [7, 11) is -3.60. The van der Waals surface area contributed by atoms with Crippen LogP contribution in [0.1, 0.15) is 6.42 Å². The maximum absolute atomic E-state index is 10.3. The van der Waals surface area contributed by atoms with Crippen LogP contribution in [-0.4, -0.2) is 31.3 Å².